The number of fused-ring (bicyclic) bond motifs is 2. The van der Waals surface area contributed by atoms with Crippen molar-refractivity contribution >= 4 is 29.1 Å². The number of hydrogen-bond acceptors (Lipinski definition) is 9. The number of likely N-dealkylation sites (tertiary alicyclic amines) is 1. The maximum Gasteiger partial charge on any atom is 0.264 e. The van der Waals surface area contributed by atoms with Crippen LogP contribution in [0.1, 0.15) is 91.8 Å². The molecule has 6 aromatic rings. The third kappa shape index (κ3) is 10.6. The lowest BCUT2D eigenvalue weighted by Crippen LogP contribution is -2.51. The fraction of sp³-hybridized carbons (Fsp3) is 0.400. The van der Waals surface area contributed by atoms with Crippen molar-refractivity contribution < 1.29 is 33.4 Å². The van der Waals surface area contributed by atoms with Gasteiger partial charge in [0.05, 0.1) is 30.9 Å². The number of nitrogens with zero attached hydrogens (tertiary/aromatic N) is 8. The minimum atomic E-state index is -0.495. The van der Waals surface area contributed by atoms with Crippen molar-refractivity contribution in [2.24, 2.45) is 14.1 Å². The Morgan fingerprint density at radius 3 is 2.35 bits per heavy atom. The molecule has 14 nitrogen and oxygen atoms in total. The van der Waals surface area contributed by atoms with E-state index in [1.807, 2.05) is 48.6 Å². The summed E-state index contributed by atoms with van der Waals surface area (Å²) >= 11 is 0. The topological polar surface area (TPSA) is 140 Å². The van der Waals surface area contributed by atoms with Gasteiger partial charge in [0.2, 0.25) is 5.91 Å². The van der Waals surface area contributed by atoms with Crippen molar-refractivity contribution in [3.8, 4) is 28.8 Å². The Morgan fingerprint density at radius 1 is 0.840 bits per heavy atom. The van der Waals surface area contributed by atoms with Crippen LogP contribution in [0.3, 0.4) is 0 Å². The molecule has 4 aliphatic rings. The predicted molar refractivity (Wildman–Crippen MR) is 286 cm³/mol. The van der Waals surface area contributed by atoms with Crippen molar-refractivity contribution in [3.05, 3.63) is 153 Å². The Hall–Kier alpha value is -7.25. The summed E-state index contributed by atoms with van der Waals surface area (Å²) in [6.07, 6.45) is 4.57. The number of anilines is 2. The van der Waals surface area contributed by atoms with E-state index in [4.69, 9.17) is 9.47 Å². The summed E-state index contributed by atoms with van der Waals surface area (Å²) in [5.74, 6) is -0.710. The van der Waals surface area contributed by atoms with E-state index in [9.17, 15) is 15.2 Å². The highest BCUT2D eigenvalue weighted by Gasteiger charge is 2.36. The van der Waals surface area contributed by atoms with Crippen LogP contribution < -0.4 is 9.64 Å². The van der Waals surface area contributed by atoms with Crippen LogP contribution in [0.2, 0.25) is 0 Å². The zero-order valence-electron chi connectivity index (χ0n) is 43.8. The van der Waals surface area contributed by atoms with E-state index in [1.54, 1.807) is 51.7 Å². The molecule has 2 atom stereocenters. The van der Waals surface area contributed by atoms with Gasteiger partial charge in [0.15, 0.2) is 0 Å². The van der Waals surface area contributed by atoms with Crippen LogP contribution in [-0.4, -0.2) is 123 Å². The third-order valence-electron chi connectivity index (χ3n) is 16.2. The lowest BCUT2D eigenvalue weighted by Gasteiger charge is -2.41. The van der Waals surface area contributed by atoms with Gasteiger partial charge < -0.3 is 38.4 Å². The van der Waals surface area contributed by atoms with Crippen LogP contribution >= 0.6 is 0 Å². The van der Waals surface area contributed by atoms with Crippen LogP contribution in [0.5, 0.6) is 11.5 Å². The summed E-state index contributed by atoms with van der Waals surface area (Å²) in [5.41, 5.74) is 9.52. The van der Waals surface area contributed by atoms with Gasteiger partial charge in [-0.25, -0.2) is 4.39 Å². The number of halogens is 1. The largest absolute Gasteiger partial charge is 0.508 e. The Balaban J connectivity index is 0.986. The van der Waals surface area contributed by atoms with Gasteiger partial charge in [-0.3, -0.25) is 24.2 Å². The second-order valence-electron chi connectivity index (χ2n) is 20.8. The summed E-state index contributed by atoms with van der Waals surface area (Å²) in [6, 6.07) is 29.5. The number of ether oxygens (including phenoxy) is 2. The molecule has 390 valence electrons. The molecule has 0 radical (unpaired) electrons. The smallest absolute Gasteiger partial charge is 0.264 e. The molecular weight excluding hydrogens is 948 g/mol. The summed E-state index contributed by atoms with van der Waals surface area (Å²) in [7, 11) is 3.69. The van der Waals surface area contributed by atoms with Crippen LogP contribution in [0, 0.1) is 31.0 Å². The predicted octanol–water partition coefficient (Wildman–Crippen LogP) is 8.62. The van der Waals surface area contributed by atoms with Gasteiger partial charge in [-0.05, 0) is 142 Å². The van der Waals surface area contributed by atoms with Gasteiger partial charge in [-0.2, -0.15) is 5.26 Å². The number of aromatic hydroxyl groups is 1. The average molecular weight is 1020 g/mol. The lowest BCUT2D eigenvalue weighted by atomic mass is 9.89. The van der Waals surface area contributed by atoms with E-state index in [0.29, 0.717) is 109 Å². The molecule has 1 N–H and O–H groups in total. The number of amides is 3. The van der Waals surface area contributed by atoms with E-state index >= 15 is 14.0 Å². The molecule has 10 rings (SSSR count). The molecule has 6 heterocycles. The number of hydrogen-bond donors (Lipinski definition) is 1. The number of carbonyl (C=O) groups excluding carboxylic acids is 3. The number of benzene rings is 4. The Bertz CT molecular complexity index is 3170. The van der Waals surface area contributed by atoms with Crippen molar-refractivity contribution in [3.63, 3.8) is 0 Å². The first-order chi connectivity index (χ1) is 36.3. The van der Waals surface area contributed by atoms with E-state index < -0.39 is 5.82 Å². The second-order valence-corrected chi connectivity index (χ2v) is 20.8. The number of carbonyl (C=O) groups is 3. The number of morpholine rings is 1. The Morgan fingerprint density at radius 2 is 1.61 bits per heavy atom. The second kappa shape index (κ2) is 21.9. The maximum atomic E-state index is 15.8. The summed E-state index contributed by atoms with van der Waals surface area (Å²) in [4.78, 5) is 55.3. The molecular formula is C60H67FN8O6. The minimum Gasteiger partial charge on any atom is -0.508 e. The molecule has 2 aromatic heterocycles. The van der Waals surface area contributed by atoms with E-state index in [1.165, 1.54) is 30.2 Å². The number of nitriles is 1. The van der Waals surface area contributed by atoms with Gasteiger partial charge in [-0.1, -0.05) is 36.8 Å². The summed E-state index contributed by atoms with van der Waals surface area (Å²) in [5, 5.41) is 20.3. The molecule has 2 saturated heterocycles. The number of piperidine rings is 1. The molecule has 75 heavy (non-hydrogen) atoms. The maximum absolute atomic E-state index is 15.8. The third-order valence-corrected chi connectivity index (χ3v) is 16.2. The zero-order valence-corrected chi connectivity index (χ0v) is 43.8. The summed E-state index contributed by atoms with van der Waals surface area (Å²) < 4.78 is 30.9. The van der Waals surface area contributed by atoms with Gasteiger partial charge >= 0.3 is 0 Å². The van der Waals surface area contributed by atoms with Gasteiger partial charge in [-0.15, -0.1) is 0 Å². The highest BCUT2D eigenvalue weighted by molar-refractivity contribution is 6.13. The Kier molecular flexibility index (Phi) is 15.0. The highest BCUT2D eigenvalue weighted by atomic mass is 19.1. The first kappa shape index (κ1) is 51.2. The van der Waals surface area contributed by atoms with Crippen LogP contribution in [0.4, 0.5) is 15.8 Å². The van der Waals surface area contributed by atoms with E-state index in [-0.39, 0.29) is 48.0 Å². The van der Waals surface area contributed by atoms with Crippen molar-refractivity contribution in [1.29, 1.82) is 5.26 Å². The van der Waals surface area contributed by atoms with Gasteiger partial charge in [0.1, 0.15) is 35.7 Å². The van der Waals surface area contributed by atoms with Crippen molar-refractivity contribution in [2.45, 2.75) is 84.5 Å². The number of phenolic OH excluding ortho intramolecular Hbond substituents is 1. The SMILES string of the molecule is Cc1c(N(C(=O)c2cc(-c3cc4c(cc3C(=O)N3Cc5ccccc5C[C@H]3CN3CCCCC3)CN(C(=O)Cc3ccc(OCCN5CCOC[C@H]5C)cc3F)CC4)n(C)c2C)c2ccc(O)cc2)cc(C#N)n1C. The fourth-order valence-corrected chi connectivity index (χ4v) is 11.5. The van der Waals surface area contributed by atoms with Gasteiger partial charge in [0.25, 0.3) is 11.8 Å². The standard InChI is InChI=1S/C60H67FN8O6/c1-39-38-74-25-23-66(39)24-26-75-51-18-13-44(55(61)32-51)30-58(71)67-22-19-43-28-53(54(29-46(43)35-67)59(72)68-36-45-12-8-7-11-42(45)27-49(68)37-65-20-9-6-10-21-65)57-33-52(40(2)64(57)5)60(73)69(47-14-16-50(70)17-15-47)56-31-48(34-62)63(4)41(56)3/h7-8,11-18,28-29,31-33,39,49,70H,6,9-10,19-27,30,35-38H2,1-5H3/t39-,49+/m1/s1. The molecule has 0 unspecified atom stereocenters. The Labute approximate surface area is 439 Å². The molecule has 0 spiro atoms. The number of phenols is 1. The van der Waals surface area contributed by atoms with Crippen LogP contribution in [0.25, 0.3) is 11.3 Å². The van der Waals surface area contributed by atoms with Crippen molar-refractivity contribution in [2.75, 3.05) is 64.0 Å². The molecule has 3 amide bonds. The molecule has 0 aliphatic carbocycles. The highest BCUT2D eigenvalue weighted by Crippen LogP contribution is 2.39. The molecule has 0 bridgehead atoms. The van der Waals surface area contributed by atoms with E-state index in [2.05, 4.69) is 47.1 Å². The van der Waals surface area contributed by atoms with E-state index in [0.717, 1.165) is 62.1 Å². The van der Waals surface area contributed by atoms with Crippen LogP contribution in [-0.2, 0) is 56.0 Å². The monoisotopic (exact) mass is 1010 g/mol. The van der Waals surface area contributed by atoms with Crippen molar-refractivity contribution in [1.82, 2.24) is 28.7 Å². The fourth-order valence-electron chi connectivity index (χ4n) is 11.5. The summed E-state index contributed by atoms with van der Waals surface area (Å²) in [6.45, 7) is 13.0. The molecule has 0 saturated carbocycles. The number of aromatic nitrogens is 2. The number of rotatable bonds is 13. The first-order valence-electron chi connectivity index (χ1n) is 26.4. The minimum absolute atomic E-state index is 0.0504. The zero-order chi connectivity index (χ0) is 52.5. The lowest BCUT2D eigenvalue weighted by molar-refractivity contribution is -0.131. The quantitative estimate of drug-likeness (QED) is 0.121. The molecule has 2 fully saturated rings. The van der Waals surface area contributed by atoms with Gasteiger partial charge in [0, 0.05) is 105 Å². The average Bonchev–Trinajstić information content (AvgIpc) is 3.89. The molecule has 4 aromatic carbocycles. The molecule has 15 heteroatoms. The first-order valence-corrected chi connectivity index (χ1v) is 26.4. The van der Waals surface area contributed by atoms with Crippen LogP contribution in [0.15, 0.2) is 91.0 Å². The molecule has 4 aliphatic heterocycles. The normalized spacial score (nSPS) is 18.0.